The highest BCUT2D eigenvalue weighted by Crippen LogP contribution is 2.60. The summed E-state index contributed by atoms with van der Waals surface area (Å²) in [4.78, 5) is 13.3. The topological polar surface area (TPSA) is 67.8 Å². The predicted octanol–water partition coefficient (Wildman–Crippen LogP) is 12.6. The molecule has 0 aromatic heterocycles. The third-order valence-corrected chi connectivity index (χ3v) is 11.3. The average Bonchev–Trinajstić information content (AvgIpc) is 3.41. The Balaban J connectivity index is 1.34. The summed E-state index contributed by atoms with van der Waals surface area (Å²) in [6, 6.07) is 26.5. The van der Waals surface area contributed by atoms with E-state index in [0.717, 1.165) is 47.2 Å². The smallest absolute Gasteiger partial charge is 0.416 e. The SMILES string of the molecule is CCCCOc1ccc(C2(c3ccc(F)cc3)C=Cc3c4c(c5ccc(C(F)(F)F)cc5c3O2)-c2cc(NC(=O)c3ccc(O)cc3)cc(Br)c2C4(C)C)cc1. The van der Waals surface area contributed by atoms with E-state index in [1.54, 1.807) is 12.1 Å². The molecule has 10 heteroatoms. The number of rotatable bonds is 8. The first kappa shape index (κ1) is 37.3. The molecular formula is C46H36BrF4NO4. The molecule has 8 rings (SSSR count). The monoisotopic (exact) mass is 821 g/mol. The summed E-state index contributed by atoms with van der Waals surface area (Å²) < 4.78 is 71.6. The fraction of sp³-hybridized carbons (Fsp3) is 0.196. The summed E-state index contributed by atoms with van der Waals surface area (Å²) in [6.45, 7) is 6.75. The van der Waals surface area contributed by atoms with E-state index in [0.29, 0.717) is 50.2 Å². The normalized spacial score (nSPS) is 16.5. The predicted molar refractivity (Wildman–Crippen MR) is 214 cm³/mol. The number of alkyl halides is 3. The molecule has 2 aliphatic rings. The Morgan fingerprint density at radius 3 is 2.21 bits per heavy atom. The molecular weight excluding hydrogens is 786 g/mol. The lowest BCUT2D eigenvalue weighted by molar-refractivity contribution is -0.137. The number of hydrogen-bond acceptors (Lipinski definition) is 4. The number of phenols is 1. The van der Waals surface area contributed by atoms with Gasteiger partial charge in [0.05, 0.1) is 12.2 Å². The minimum absolute atomic E-state index is 0.0304. The number of aromatic hydroxyl groups is 1. The van der Waals surface area contributed by atoms with Gasteiger partial charge in [0.1, 0.15) is 23.1 Å². The van der Waals surface area contributed by atoms with Crippen LogP contribution in [-0.4, -0.2) is 17.6 Å². The summed E-state index contributed by atoms with van der Waals surface area (Å²) in [7, 11) is 0. The molecule has 1 atom stereocenters. The lowest BCUT2D eigenvalue weighted by atomic mass is 9.76. The Labute approximate surface area is 329 Å². The second kappa shape index (κ2) is 13.8. The van der Waals surface area contributed by atoms with E-state index in [9.17, 15) is 27.5 Å². The van der Waals surface area contributed by atoms with Crippen molar-refractivity contribution in [1.29, 1.82) is 0 Å². The third kappa shape index (κ3) is 6.30. The average molecular weight is 823 g/mol. The van der Waals surface area contributed by atoms with E-state index in [1.165, 1.54) is 42.5 Å². The molecule has 1 aliphatic carbocycles. The quantitative estimate of drug-likeness (QED) is 0.119. The first-order valence-corrected chi connectivity index (χ1v) is 19.0. The van der Waals surface area contributed by atoms with Crippen LogP contribution >= 0.6 is 15.9 Å². The van der Waals surface area contributed by atoms with Crippen molar-refractivity contribution in [2.75, 3.05) is 11.9 Å². The summed E-state index contributed by atoms with van der Waals surface area (Å²) in [6.07, 6.45) is 1.02. The largest absolute Gasteiger partial charge is 0.508 e. The highest BCUT2D eigenvalue weighted by molar-refractivity contribution is 9.10. The van der Waals surface area contributed by atoms with Crippen molar-refractivity contribution >= 4 is 44.4 Å². The molecule has 0 saturated heterocycles. The van der Waals surface area contributed by atoms with E-state index in [-0.39, 0.29) is 16.9 Å². The number of halogens is 5. The molecule has 2 N–H and O–H groups in total. The fourth-order valence-corrected chi connectivity index (χ4v) is 8.96. The van der Waals surface area contributed by atoms with Gasteiger partial charge < -0.3 is 19.9 Å². The molecule has 1 amide bonds. The number of nitrogens with one attached hydrogen (secondary N) is 1. The number of anilines is 1. The van der Waals surface area contributed by atoms with Gasteiger partial charge in [-0.1, -0.05) is 79.5 Å². The maximum absolute atomic E-state index is 14.5. The molecule has 284 valence electrons. The molecule has 0 spiro atoms. The van der Waals surface area contributed by atoms with Gasteiger partial charge in [0, 0.05) is 43.2 Å². The standard InChI is InChI=1S/C46H36BrF4NO4/c1-4-5-22-55-33-17-10-28(11-18-33)45(27-8-13-30(48)14-9-27)21-20-35-41-39(34-19-12-29(46(49,50)51)23-36(34)42(35)56-45)37-24-31(25-38(47)40(37)44(41,2)3)52-43(54)26-6-15-32(53)16-7-26/h6-21,23-25,53H,4-5,22H2,1-3H3,(H,52,54). The maximum atomic E-state index is 14.5. The summed E-state index contributed by atoms with van der Waals surface area (Å²) in [5.41, 5.74) is 3.03. The Bertz CT molecular complexity index is 2550. The molecule has 1 unspecified atom stereocenters. The number of ether oxygens (including phenoxy) is 2. The molecule has 6 aromatic rings. The number of carbonyl (C=O) groups is 1. The van der Waals surface area contributed by atoms with Gasteiger partial charge in [-0.15, -0.1) is 0 Å². The van der Waals surface area contributed by atoms with E-state index < -0.39 is 34.5 Å². The number of hydrogen-bond donors (Lipinski definition) is 2. The first-order chi connectivity index (χ1) is 26.7. The van der Waals surface area contributed by atoms with Crippen molar-refractivity contribution in [1.82, 2.24) is 0 Å². The molecule has 6 aromatic carbocycles. The molecule has 56 heavy (non-hydrogen) atoms. The van der Waals surface area contributed by atoms with Crippen molar-refractivity contribution in [3.63, 3.8) is 0 Å². The van der Waals surface area contributed by atoms with Crippen LogP contribution in [0.2, 0.25) is 0 Å². The summed E-state index contributed by atoms with van der Waals surface area (Å²) in [5.74, 6) is 0.123. The molecule has 1 aliphatic heterocycles. The minimum Gasteiger partial charge on any atom is -0.508 e. The molecule has 1 heterocycles. The van der Waals surface area contributed by atoms with Crippen molar-refractivity contribution < 1.29 is 36.9 Å². The van der Waals surface area contributed by atoms with E-state index in [1.807, 2.05) is 48.6 Å². The van der Waals surface area contributed by atoms with Crippen molar-refractivity contribution in [2.24, 2.45) is 0 Å². The number of unbranched alkanes of at least 4 members (excludes halogenated alkanes) is 1. The molecule has 0 saturated carbocycles. The van der Waals surface area contributed by atoms with Crippen molar-refractivity contribution in [3.05, 3.63) is 158 Å². The Kier molecular flexibility index (Phi) is 9.23. The van der Waals surface area contributed by atoms with Gasteiger partial charge in [-0.3, -0.25) is 4.79 Å². The van der Waals surface area contributed by atoms with Crippen LogP contribution < -0.4 is 14.8 Å². The van der Waals surface area contributed by atoms with Crippen LogP contribution in [0.15, 0.2) is 114 Å². The lowest BCUT2D eigenvalue weighted by Gasteiger charge is -2.38. The highest BCUT2D eigenvalue weighted by atomic mass is 79.9. The second-order valence-corrected chi connectivity index (χ2v) is 15.5. The van der Waals surface area contributed by atoms with Gasteiger partial charge in [-0.25, -0.2) is 4.39 Å². The molecule has 5 nitrogen and oxygen atoms in total. The third-order valence-electron chi connectivity index (χ3n) is 10.7. The molecule has 0 bridgehead atoms. The summed E-state index contributed by atoms with van der Waals surface area (Å²) >= 11 is 3.77. The maximum Gasteiger partial charge on any atom is 0.416 e. The van der Waals surface area contributed by atoms with E-state index >= 15 is 0 Å². The highest BCUT2D eigenvalue weighted by Gasteiger charge is 2.46. The zero-order chi connectivity index (χ0) is 39.6. The molecule has 0 radical (unpaired) electrons. The van der Waals surface area contributed by atoms with Gasteiger partial charge in [-0.05, 0) is 113 Å². The summed E-state index contributed by atoms with van der Waals surface area (Å²) in [5, 5.41) is 13.4. The zero-order valence-corrected chi connectivity index (χ0v) is 32.2. The number of carbonyl (C=O) groups excluding carboxylic acids is 1. The van der Waals surface area contributed by atoms with Crippen LogP contribution in [0.5, 0.6) is 17.2 Å². The minimum atomic E-state index is -4.64. The number of amides is 1. The van der Waals surface area contributed by atoms with Crippen LogP contribution in [0.25, 0.3) is 28.0 Å². The molecule has 0 fully saturated rings. The van der Waals surface area contributed by atoms with E-state index in [2.05, 4.69) is 42.0 Å². The zero-order valence-electron chi connectivity index (χ0n) is 30.7. The van der Waals surface area contributed by atoms with E-state index in [4.69, 9.17) is 9.47 Å². The number of fused-ring (bicyclic) bond motifs is 8. The number of benzene rings is 6. The van der Waals surface area contributed by atoms with Gasteiger partial charge in [0.2, 0.25) is 0 Å². The van der Waals surface area contributed by atoms with Crippen LogP contribution in [0.4, 0.5) is 23.2 Å². The Hall–Kier alpha value is -5.61. The van der Waals surface area contributed by atoms with Crippen molar-refractivity contribution in [3.8, 4) is 28.4 Å². The Morgan fingerprint density at radius 2 is 1.55 bits per heavy atom. The first-order valence-electron chi connectivity index (χ1n) is 18.2. The van der Waals surface area contributed by atoms with Gasteiger partial charge in [0.15, 0.2) is 5.60 Å². The van der Waals surface area contributed by atoms with Crippen molar-refractivity contribution in [2.45, 2.75) is 50.8 Å². The Morgan fingerprint density at radius 1 is 0.875 bits per heavy atom. The fourth-order valence-electron chi connectivity index (χ4n) is 8.01. The lowest BCUT2D eigenvalue weighted by Crippen LogP contribution is -2.35. The number of phenolic OH excluding ortho intramolecular Hbond substituents is 1. The van der Waals surface area contributed by atoms with Crippen LogP contribution in [0.3, 0.4) is 0 Å². The van der Waals surface area contributed by atoms with Gasteiger partial charge in [-0.2, -0.15) is 13.2 Å². The van der Waals surface area contributed by atoms with Gasteiger partial charge >= 0.3 is 6.18 Å². The van der Waals surface area contributed by atoms with Crippen LogP contribution in [0, 0.1) is 5.82 Å². The second-order valence-electron chi connectivity index (χ2n) is 14.7. The van der Waals surface area contributed by atoms with Crippen LogP contribution in [-0.2, 0) is 17.2 Å². The van der Waals surface area contributed by atoms with Crippen LogP contribution in [0.1, 0.15) is 77.4 Å². The van der Waals surface area contributed by atoms with Gasteiger partial charge in [0.25, 0.3) is 5.91 Å².